The average molecular weight is 139 g/mol. The first kappa shape index (κ1) is 8.62. The average Bonchev–Trinajstić information content (AvgIpc) is 1.90. The summed E-state index contributed by atoms with van der Waals surface area (Å²) in [5.41, 5.74) is 5.37. The van der Waals surface area contributed by atoms with Gasteiger partial charge in [0.1, 0.15) is 6.29 Å². The van der Waals surface area contributed by atoms with Gasteiger partial charge in [0, 0.05) is 11.1 Å². The van der Waals surface area contributed by atoms with Crippen molar-refractivity contribution in [2.75, 3.05) is 0 Å². The standard InChI is InChI=1S/C7H9NO2/c1-3-6(4-9)5(2)7(8)10/h3-4H,1H2,2H3,(H2,8,10)/b6-5-. The first-order valence-electron chi connectivity index (χ1n) is 2.71. The third kappa shape index (κ3) is 1.85. The Morgan fingerprint density at radius 2 is 2.10 bits per heavy atom. The Morgan fingerprint density at radius 1 is 1.60 bits per heavy atom. The summed E-state index contributed by atoms with van der Waals surface area (Å²) in [6.07, 6.45) is 1.85. The molecule has 0 saturated carbocycles. The van der Waals surface area contributed by atoms with Crippen LogP contribution in [0, 0.1) is 0 Å². The molecule has 0 aliphatic heterocycles. The van der Waals surface area contributed by atoms with E-state index in [1.165, 1.54) is 13.0 Å². The second-order valence-corrected chi connectivity index (χ2v) is 1.77. The van der Waals surface area contributed by atoms with Crippen molar-refractivity contribution in [3.8, 4) is 0 Å². The highest BCUT2D eigenvalue weighted by atomic mass is 16.1. The molecule has 0 aromatic heterocycles. The van der Waals surface area contributed by atoms with Gasteiger partial charge in [0.25, 0.3) is 0 Å². The second-order valence-electron chi connectivity index (χ2n) is 1.77. The molecule has 0 spiro atoms. The largest absolute Gasteiger partial charge is 0.366 e. The molecule has 0 aromatic rings. The van der Waals surface area contributed by atoms with E-state index in [9.17, 15) is 9.59 Å². The SMILES string of the molecule is C=C/C(C=O)=C(\C)C(N)=O. The van der Waals surface area contributed by atoms with Crippen molar-refractivity contribution in [2.24, 2.45) is 5.73 Å². The third-order valence-corrected chi connectivity index (χ3v) is 1.15. The van der Waals surface area contributed by atoms with Gasteiger partial charge in [0.05, 0.1) is 0 Å². The van der Waals surface area contributed by atoms with Crippen LogP contribution in [0.2, 0.25) is 0 Å². The van der Waals surface area contributed by atoms with Gasteiger partial charge < -0.3 is 5.73 Å². The lowest BCUT2D eigenvalue weighted by atomic mass is 10.1. The molecule has 3 nitrogen and oxygen atoms in total. The van der Waals surface area contributed by atoms with Crippen LogP contribution in [0.15, 0.2) is 23.8 Å². The first-order valence-corrected chi connectivity index (χ1v) is 2.71. The maximum Gasteiger partial charge on any atom is 0.245 e. The highest BCUT2D eigenvalue weighted by Crippen LogP contribution is 2.00. The van der Waals surface area contributed by atoms with Crippen molar-refractivity contribution in [1.29, 1.82) is 0 Å². The lowest BCUT2D eigenvalue weighted by Gasteiger charge is -1.94. The van der Waals surface area contributed by atoms with E-state index in [4.69, 9.17) is 5.73 Å². The van der Waals surface area contributed by atoms with Crippen molar-refractivity contribution in [3.05, 3.63) is 23.8 Å². The minimum Gasteiger partial charge on any atom is -0.366 e. The van der Waals surface area contributed by atoms with Crippen LogP contribution in [-0.2, 0) is 9.59 Å². The van der Waals surface area contributed by atoms with Gasteiger partial charge in [0.2, 0.25) is 5.91 Å². The smallest absolute Gasteiger partial charge is 0.245 e. The van der Waals surface area contributed by atoms with E-state index < -0.39 is 5.91 Å². The molecule has 0 unspecified atom stereocenters. The summed E-state index contributed by atoms with van der Waals surface area (Å²) >= 11 is 0. The molecule has 0 heterocycles. The summed E-state index contributed by atoms with van der Waals surface area (Å²) in [6, 6.07) is 0. The van der Waals surface area contributed by atoms with Gasteiger partial charge in [-0.05, 0) is 6.92 Å². The van der Waals surface area contributed by atoms with Crippen LogP contribution in [-0.4, -0.2) is 12.2 Å². The fraction of sp³-hybridized carbons (Fsp3) is 0.143. The molecule has 0 aliphatic carbocycles. The van der Waals surface area contributed by atoms with Gasteiger partial charge in [-0.3, -0.25) is 9.59 Å². The van der Waals surface area contributed by atoms with Crippen molar-refractivity contribution in [3.63, 3.8) is 0 Å². The summed E-state index contributed by atoms with van der Waals surface area (Å²) in [5.74, 6) is -0.595. The zero-order valence-electron chi connectivity index (χ0n) is 5.76. The van der Waals surface area contributed by atoms with Crippen LogP contribution in [0.25, 0.3) is 0 Å². The van der Waals surface area contributed by atoms with Gasteiger partial charge in [0.15, 0.2) is 0 Å². The predicted molar refractivity (Wildman–Crippen MR) is 38.2 cm³/mol. The zero-order chi connectivity index (χ0) is 8.15. The number of hydrogen-bond acceptors (Lipinski definition) is 2. The number of carbonyl (C=O) groups excluding carboxylic acids is 2. The predicted octanol–water partition coefficient (Wildman–Crippen LogP) is 0.173. The molecule has 10 heavy (non-hydrogen) atoms. The van der Waals surface area contributed by atoms with Gasteiger partial charge in [-0.25, -0.2) is 0 Å². The maximum absolute atomic E-state index is 10.4. The number of rotatable bonds is 3. The summed E-state index contributed by atoms with van der Waals surface area (Å²) in [6.45, 7) is 4.82. The van der Waals surface area contributed by atoms with Crippen molar-refractivity contribution >= 4 is 12.2 Å². The van der Waals surface area contributed by atoms with Gasteiger partial charge in [-0.2, -0.15) is 0 Å². The molecule has 0 rings (SSSR count). The van der Waals surface area contributed by atoms with Crippen LogP contribution in [0.1, 0.15) is 6.92 Å². The molecule has 3 heteroatoms. The van der Waals surface area contributed by atoms with Crippen LogP contribution in [0.3, 0.4) is 0 Å². The van der Waals surface area contributed by atoms with E-state index >= 15 is 0 Å². The summed E-state index contributed by atoms with van der Waals surface area (Å²) in [7, 11) is 0. The monoisotopic (exact) mass is 139 g/mol. The molecule has 0 aromatic carbocycles. The fourth-order valence-electron chi connectivity index (χ4n) is 0.432. The molecule has 0 fully saturated rings. The number of allylic oxidation sites excluding steroid dienone is 2. The lowest BCUT2D eigenvalue weighted by Crippen LogP contribution is -2.13. The Labute approximate surface area is 59.2 Å². The van der Waals surface area contributed by atoms with E-state index in [1.807, 2.05) is 0 Å². The molecular formula is C7H9NO2. The summed E-state index contributed by atoms with van der Waals surface area (Å²) < 4.78 is 0. The third-order valence-electron chi connectivity index (χ3n) is 1.15. The number of aldehydes is 1. The number of nitrogens with two attached hydrogens (primary N) is 1. The number of amides is 1. The van der Waals surface area contributed by atoms with Crippen LogP contribution >= 0.6 is 0 Å². The Bertz CT molecular complexity index is 194. The zero-order valence-corrected chi connectivity index (χ0v) is 5.76. The Kier molecular flexibility index (Phi) is 3.11. The quantitative estimate of drug-likeness (QED) is 0.344. The van der Waals surface area contributed by atoms with Crippen LogP contribution < -0.4 is 5.73 Å². The number of carbonyl (C=O) groups is 2. The molecule has 2 N–H and O–H groups in total. The molecule has 0 radical (unpaired) electrons. The highest BCUT2D eigenvalue weighted by Gasteiger charge is 2.01. The number of hydrogen-bond donors (Lipinski definition) is 1. The Balaban J connectivity index is 4.76. The number of primary amides is 1. The highest BCUT2D eigenvalue weighted by molar-refractivity contribution is 5.98. The van der Waals surface area contributed by atoms with Crippen molar-refractivity contribution < 1.29 is 9.59 Å². The first-order chi connectivity index (χ1) is 4.63. The molecule has 0 aliphatic rings. The molecular weight excluding hydrogens is 130 g/mol. The Hall–Kier alpha value is -1.38. The normalized spacial score (nSPS) is 11.7. The summed E-state index contributed by atoms with van der Waals surface area (Å²) in [4.78, 5) is 20.6. The van der Waals surface area contributed by atoms with Crippen molar-refractivity contribution in [1.82, 2.24) is 0 Å². The molecule has 0 atom stereocenters. The minimum atomic E-state index is -0.595. The topological polar surface area (TPSA) is 60.2 Å². The van der Waals surface area contributed by atoms with E-state index in [1.54, 1.807) is 0 Å². The maximum atomic E-state index is 10.4. The van der Waals surface area contributed by atoms with E-state index in [2.05, 4.69) is 6.58 Å². The molecule has 1 amide bonds. The van der Waals surface area contributed by atoms with Crippen LogP contribution in [0.5, 0.6) is 0 Å². The lowest BCUT2D eigenvalue weighted by molar-refractivity contribution is -0.115. The molecule has 0 bridgehead atoms. The minimum absolute atomic E-state index is 0.241. The van der Waals surface area contributed by atoms with Crippen LogP contribution in [0.4, 0.5) is 0 Å². The van der Waals surface area contributed by atoms with E-state index in [0.29, 0.717) is 6.29 Å². The fourth-order valence-corrected chi connectivity index (χ4v) is 0.432. The van der Waals surface area contributed by atoms with E-state index in [-0.39, 0.29) is 11.1 Å². The van der Waals surface area contributed by atoms with Crippen molar-refractivity contribution in [2.45, 2.75) is 6.92 Å². The van der Waals surface area contributed by atoms with E-state index in [0.717, 1.165) is 0 Å². The summed E-state index contributed by atoms with van der Waals surface area (Å²) in [5, 5.41) is 0. The van der Waals surface area contributed by atoms with Gasteiger partial charge in [-0.1, -0.05) is 12.7 Å². The molecule has 0 saturated heterocycles. The molecule has 54 valence electrons. The van der Waals surface area contributed by atoms with Gasteiger partial charge in [-0.15, -0.1) is 0 Å². The second kappa shape index (κ2) is 3.61. The Morgan fingerprint density at radius 3 is 2.20 bits per heavy atom. The van der Waals surface area contributed by atoms with Gasteiger partial charge >= 0.3 is 0 Å².